The van der Waals surface area contributed by atoms with Gasteiger partial charge in [0.1, 0.15) is 0 Å². The Kier molecular flexibility index (Phi) is 4.10. The molecule has 3 saturated carbocycles. The van der Waals surface area contributed by atoms with Crippen molar-refractivity contribution >= 4 is 5.78 Å². The highest BCUT2D eigenvalue weighted by molar-refractivity contribution is 5.91. The number of rotatable bonds is 2. The lowest BCUT2D eigenvalue weighted by Crippen LogP contribution is -2.57. The van der Waals surface area contributed by atoms with Crippen molar-refractivity contribution in [2.75, 3.05) is 0 Å². The molecule has 4 aliphatic carbocycles. The highest BCUT2D eigenvalue weighted by atomic mass is 16.6. The zero-order chi connectivity index (χ0) is 18.9. The van der Waals surface area contributed by atoms with Crippen LogP contribution < -0.4 is 5.11 Å². The molecule has 3 unspecified atom stereocenters. The predicted octanol–water partition coefficient (Wildman–Crippen LogP) is 4.17. The van der Waals surface area contributed by atoms with E-state index in [1.807, 2.05) is 6.08 Å². The molecule has 0 aliphatic heterocycles. The first-order valence-corrected chi connectivity index (χ1v) is 10.3. The fraction of sp³-hybridized carbons (Fsp3) is 0.783. The molecule has 0 amide bonds. The van der Waals surface area contributed by atoms with Crippen LogP contribution in [0.3, 0.4) is 0 Å². The van der Waals surface area contributed by atoms with E-state index in [1.54, 1.807) is 13.8 Å². The first-order chi connectivity index (χ1) is 12.0. The van der Waals surface area contributed by atoms with E-state index in [9.17, 15) is 9.90 Å². The molecule has 0 bridgehead atoms. The summed E-state index contributed by atoms with van der Waals surface area (Å²) in [6.45, 7) is 12.4. The first-order valence-electron chi connectivity index (χ1n) is 10.3. The molecular formula is C23H33O3-. The van der Waals surface area contributed by atoms with Gasteiger partial charge in [-0.2, -0.15) is 0 Å². The molecule has 6 atom stereocenters. The largest absolute Gasteiger partial charge is 0.829 e. The van der Waals surface area contributed by atoms with Crippen LogP contribution in [0.4, 0.5) is 0 Å². The molecule has 3 fully saturated rings. The third kappa shape index (κ3) is 2.65. The van der Waals surface area contributed by atoms with Gasteiger partial charge in [-0.1, -0.05) is 45.4 Å². The highest BCUT2D eigenvalue weighted by Gasteiger charge is 2.60. The third-order valence-electron chi connectivity index (χ3n) is 8.35. The molecule has 0 aromatic heterocycles. The minimum absolute atomic E-state index is 0.0757. The van der Waals surface area contributed by atoms with Crippen LogP contribution in [0.5, 0.6) is 0 Å². The molecule has 0 aromatic rings. The van der Waals surface area contributed by atoms with E-state index in [1.165, 1.54) is 24.0 Å². The lowest BCUT2D eigenvalue weighted by atomic mass is 9.46. The molecule has 3 nitrogen and oxygen atoms in total. The number of ketones is 1. The van der Waals surface area contributed by atoms with Gasteiger partial charge in [0, 0.05) is 6.42 Å². The number of hydrogen-bond donors (Lipinski definition) is 0. The number of carbonyl (C=O) groups excluding carboxylic acids is 1. The van der Waals surface area contributed by atoms with E-state index < -0.39 is 5.79 Å². The SMILES string of the molecule is C=C1CCC2C3C(CC[C@]12C)[C@@]1(C)CCC(=O)C=C1C[C@@H]3OC(C)(C)[O-]. The molecule has 0 heterocycles. The molecule has 4 rings (SSSR count). The number of carbonyl (C=O) groups is 1. The monoisotopic (exact) mass is 357 g/mol. The van der Waals surface area contributed by atoms with Gasteiger partial charge in [-0.05, 0) is 79.0 Å². The van der Waals surface area contributed by atoms with E-state index >= 15 is 0 Å². The van der Waals surface area contributed by atoms with Crippen molar-refractivity contribution in [1.29, 1.82) is 0 Å². The van der Waals surface area contributed by atoms with Crippen LogP contribution in [0.2, 0.25) is 0 Å². The van der Waals surface area contributed by atoms with Crippen LogP contribution in [-0.4, -0.2) is 17.7 Å². The van der Waals surface area contributed by atoms with Crippen molar-refractivity contribution in [1.82, 2.24) is 0 Å². The minimum atomic E-state index is -1.40. The van der Waals surface area contributed by atoms with Gasteiger partial charge in [-0.15, -0.1) is 0 Å². The van der Waals surface area contributed by atoms with Crippen LogP contribution in [0.25, 0.3) is 0 Å². The van der Waals surface area contributed by atoms with Crippen molar-refractivity contribution < 1.29 is 14.6 Å². The summed E-state index contributed by atoms with van der Waals surface area (Å²) in [7, 11) is 0. The highest BCUT2D eigenvalue weighted by Crippen LogP contribution is 2.66. The van der Waals surface area contributed by atoms with Gasteiger partial charge in [0.25, 0.3) is 0 Å². The fourth-order valence-corrected chi connectivity index (χ4v) is 6.89. The quantitative estimate of drug-likeness (QED) is 0.550. The topological polar surface area (TPSA) is 49.4 Å². The minimum Gasteiger partial charge on any atom is -0.829 e. The maximum absolute atomic E-state index is 12.5. The number of ether oxygens (including phenoxy) is 1. The summed E-state index contributed by atoms with van der Waals surface area (Å²) in [6, 6.07) is 0. The lowest BCUT2D eigenvalue weighted by Gasteiger charge is -2.60. The second kappa shape index (κ2) is 5.78. The Morgan fingerprint density at radius 1 is 1.15 bits per heavy atom. The Labute approximate surface area is 157 Å². The van der Waals surface area contributed by atoms with E-state index in [0.717, 1.165) is 25.7 Å². The Morgan fingerprint density at radius 2 is 1.85 bits per heavy atom. The fourth-order valence-electron chi connectivity index (χ4n) is 6.89. The van der Waals surface area contributed by atoms with Crippen molar-refractivity contribution in [2.24, 2.45) is 28.6 Å². The molecular weight excluding hydrogens is 324 g/mol. The van der Waals surface area contributed by atoms with Gasteiger partial charge in [0.2, 0.25) is 0 Å². The average molecular weight is 358 g/mol. The number of fused-ring (bicyclic) bond motifs is 5. The number of hydrogen-bond acceptors (Lipinski definition) is 3. The Morgan fingerprint density at radius 3 is 2.54 bits per heavy atom. The molecule has 0 aromatic carbocycles. The van der Waals surface area contributed by atoms with E-state index in [2.05, 4.69) is 20.4 Å². The van der Waals surface area contributed by atoms with Crippen LogP contribution >= 0.6 is 0 Å². The maximum atomic E-state index is 12.5. The molecule has 144 valence electrons. The molecule has 3 heteroatoms. The summed E-state index contributed by atoms with van der Waals surface area (Å²) in [5.41, 5.74) is 2.92. The third-order valence-corrected chi connectivity index (χ3v) is 8.35. The second-order valence-corrected chi connectivity index (χ2v) is 10.2. The molecule has 0 saturated heterocycles. The summed E-state index contributed by atoms with van der Waals surface area (Å²) in [5, 5.41) is 12.5. The van der Waals surface area contributed by atoms with Gasteiger partial charge >= 0.3 is 0 Å². The van der Waals surface area contributed by atoms with Crippen LogP contribution in [0.15, 0.2) is 23.8 Å². The average Bonchev–Trinajstić information content (AvgIpc) is 2.83. The van der Waals surface area contributed by atoms with E-state index in [-0.39, 0.29) is 22.7 Å². The van der Waals surface area contributed by atoms with Gasteiger partial charge in [0.15, 0.2) is 5.78 Å². The standard InChI is InChI=1S/C23H33O3/c1-14-6-7-17-20-18(9-11-22(14,17)4)23(5)10-8-16(24)12-15(23)13-19(20)26-21(2,3)25/h12,17-20H,1,6-11,13H2,2-5H3/q-1/t17?,18?,19-,20?,22+,23-/m0/s1. The maximum Gasteiger partial charge on any atom is 0.155 e. The summed E-state index contributed by atoms with van der Waals surface area (Å²) < 4.78 is 6.13. The Balaban J connectivity index is 1.77. The normalized spacial score (nSPS) is 45.7. The summed E-state index contributed by atoms with van der Waals surface area (Å²) in [6.07, 6.45) is 8.78. The molecule has 0 spiro atoms. The van der Waals surface area contributed by atoms with Crippen molar-refractivity contribution in [2.45, 2.75) is 84.5 Å². The van der Waals surface area contributed by atoms with Gasteiger partial charge in [-0.25, -0.2) is 0 Å². The van der Waals surface area contributed by atoms with E-state index in [0.29, 0.717) is 24.2 Å². The van der Waals surface area contributed by atoms with Crippen LogP contribution in [-0.2, 0) is 9.53 Å². The van der Waals surface area contributed by atoms with Crippen molar-refractivity contribution in [3.8, 4) is 0 Å². The Bertz CT molecular complexity index is 669. The molecule has 0 radical (unpaired) electrons. The van der Waals surface area contributed by atoms with Gasteiger partial charge in [-0.3, -0.25) is 4.79 Å². The van der Waals surface area contributed by atoms with Crippen LogP contribution in [0, 0.1) is 28.6 Å². The molecule has 4 aliphatic rings. The first kappa shape index (κ1) is 18.4. The lowest BCUT2D eigenvalue weighted by molar-refractivity contribution is -0.551. The zero-order valence-electron chi connectivity index (χ0n) is 16.8. The zero-order valence-corrected chi connectivity index (χ0v) is 16.8. The summed E-state index contributed by atoms with van der Waals surface area (Å²) in [4.78, 5) is 12.1. The Hall–Kier alpha value is -0.930. The van der Waals surface area contributed by atoms with Crippen molar-refractivity contribution in [3.63, 3.8) is 0 Å². The van der Waals surface area contributed by atoms with Gasteiger partial charge in [0.05, 0.1) is 6.10 Å². The van der Waals surface area contributed by atoms with Gasteiger partial charge < -0.3 is 9.84 Å². The smallest absolute Gasteiger partial charge is 0.155 e. The predicted molar refractivity (Wildman–Crippen MR) is 100 cm³/mol. The van der Waals surface area contributed by atoms with Crippen molar-refractivity contribution in [3.05, 3.63) is 23.8 Å². The number of allylic oxidation sites excluding steroid dienone is 1. The summed E-state index contributed by atoms with van der Waals surface area (Å²) >= 11 is 0. The molecule has 0 N–H and O–H groups in total. The molecule has 26 heavy (non-hydrogen) atoms. The van der Waals surface area contributed by atoms with Crippen LogP contribution in [0.1, 0.15) is 72.6 Å². The summed E-state index contributed by atoms with van der Waals surface area (Å²) in [5.74, 6) is 0.303. The second-order valence-electron chi connectivity index (χ2n) is 10.2. The van der Waals surface area contributed by atoms with E-state index in [4.69, 9.17) is 4.74 Å².